The summed E-state index contributed by atoms with van der Waals surface area (Å²) in [5.74, 6) is -0.494. The highest BCUT2D eigenvalue weighted by Gasteiger charge is 2.56. The van der Waals surface area contributed by atoms with Crippen LogP contribution < -0.4 is 4.90 Å². The lowest BCUT2D eigenvalue weighted by Crippen LogP contribution is -2.31. The number of hydrogen-bond donors (Lipinski definition) is 0. The molecule has 0 aromatic carbocycles. The Morgan fingerprint density at radius 1 is 1.50 bits per heavy atom. The topological polar surface area (TPSA) is 46.1 Å². The van der Waals surface area contributed by atoms with E-state index in [0.717, 1.165) is 6.20 Å². The van der Waals surface area contributed by atoms with E-state index >= 15 is 0 Å². The number of aromatic nitrogens is 2. The molecule has 1 fully saturated rings. The number of amides is 1. The van der Waals surface area contributed by atoms with Gasteiger partial charge in [0.15, 0.2) is 0 Å². The predicted molar refractivity (Wildman–Crippen MR) is 106 cm³/mol. The van der Waals surface area contributed by atoms with E-state index in [1.807, 2.05) is 0 Å². The van der Waals surface area contributed by atoms with Crippen LogP contribution in [0.5, 0.6) is 0 Å². The minimum atomic E-state index is -2.53. The molecular formula is C19H18F3N3OS2. The van der Waals surface area contributed by atoms with E-state index in [4.69, 9.17) is 6.42 Å². The maximum absolute atomic E-state index is 13.4. The van der Waals surface area contributed by atoms with Crippen LogP contribution in [-0.4, -0.2) is 39.8 Å². The number of carbonyl (C=O) groups is 1. The maximum atomic E-state index is 13.4. The lowest BCUT2D eigenvalue weighted by Gasteiger charge is -2.18. The van der Waals surface area contributed by atoms with Crippen molar-refractivity contribution in [3.05, 3.63) is 30.0 Å². The van der Waals surface area contributed by atoms with Crippen molar-refractivity contribution >= 4 is 34.0 Å². The smallest absolute Gasteiger partial charge is 0.252 e. The number of rotatable bonds is 8. The fraction of sp³-hybridized carbons (Fsp3) is 0.421. The van der Waals surface area contributed by atoms with Gasteiger partial charge < -0.3 is 0 Å². The number of hydrogen-bond acceptors (Lipinski definition) is 5. The summed E-state index contributed by atoms with van der Waals surface area (Å²) in [5, 5.41) is 1.14. The third-order valence-electron chi connectivity index (χ3n) is 4.25. The summed E-state index contributed by atoms with van der Waals surface area (Å²) in [6.45, 7) is 1.83. The molecule has 0 aliphatic heterocycles. The second-order valence-electron chi connectivity index (χ2n) is 6.47. The Morgan fingerprint density at radius 3 is 2.89 bits per heavy atom. The van der Waals surface area contributed by atoms with E-state index in [1.165, 1.54) is 40.3 Å². The van der Waals surface area contributed by atoms with E-state index < -0.39 is 17.7 Å². The van der Waals surface area contributed by atoms with Crippen LogP contribution in [0.2, 0.25) is 0 Å². The van der Waals surface area contributed by atoms with Crippen molar-refractivity contribution < 1.29 is 18.0 Å². The lowest BCUT2D eigenvalue weighted by atomic mass is 10.3. The lowest BCUT2D eigenvalue weighted by molar-refractivity contribution is -0.118. The minimum Gasteiger partial charge on any atom is -0.290 e. The minimum absolute atomic E-state index is 0.0606. The van der Waals surface area contributed by atoms with Crippen molar-refractivity contribution in [3.8, 4) is 22.9 Å². The second kappa shape index (κ2) is 8.53. The summed E-state index contributed by atoms with van der Waals surface area (Å²) < 4.78 is 39.2. The monoisotopic (exact) mass is 425 g/mol. The average Bonchev–Trinajstić information content (AvgIpc) is 3.07. The number of alkyl halides is 2. The first-order valence-corrected chi connectivity index (χ1v) is 10.6. The van der Waals surface area contributed by atoms with E-state index in [1.54, 1.807) is 6.92 Å². The Kier molecular flexibility index (Phi) is 6.30. The largest absolute Gasteiger partial charge is 0.290 e. The Labute approximate surface area is 169 Å². The molecule has 2 heterocycles. The molecule has 3 rings (SSSR count). The molecule has 0 N–H and O–H groups in total. The summed E-state index contributed by atoms with van der Waals surface area (Å²) >= 11 is 2.59. The van der Waals surface area contributed by atoms with Crippen molar-refractivity contribution in [3.63, 3.8) is 0 Å². The fourth-order valence-corrected chi connectivity index (χ4v) is 4.82. The van der Waals surface area contributed by atoms with Gasteiger partial charge in [-0.25, -0.2) is 18.2 Å². The molecule has 0 radical (unpaired) electrons. The summed E-state index contributed by atoms with van der Waals surface area (Å²) in [6.07, 6.45) is 8.16. The number of nitrogens with zero attached hydrogens (tertiary/aromatic N) is 3. The number of anilines is 1. The van der Waals surface area contributed by atoms with Crippen molar-refractivity contribution in [1.29, 1.82) is 0 Å². The molecule has 28 heavy (non-hydrogen) atoms. The number of halogens is 3. The highest BCUT2D eigenvalue weighted by molar-refractivity contribution is 7.99. The summed E-state index contributed by atoms with van der Waals surface area (Å²) in [7, 11) is 0. The quantitative estimate of drug-likeness (QED) is 0.465. The van der Waals surface area contributed by atoms with Gasteiger partial charge in [-0.05, 0) is 13.0 Å². The fourth-order valence-electron chi connectivity index (χ4n) is 2.63. The molecule has 0 bridgehead atoms. The second-order valence-corrected chi connectivity index (χ2v) is 8.60. The van der Waals surface area contributed by atoms with Gasteiger partial charge in [0.1, 0.15) is 15.8 Å². The van der Waals surface area contributed by atoms with E-state index in [2.05, 4.69) is 15.9 Å². The van der Waals surface area contributed by atoms with E-state index in [-0.39, 0.29) is 25.3 Å². The molecular weight excluding hydrogens is 407 g/mol. The molecule has 0 spiro atoms. The van der Waals surface area contributed by atoms with Crippen LogP contribution in [0.4, 0.5) is 18.2 Å². The van der Waals surface area contributed by atoms with Crippen molar-refractivity contribution in [1.82, 2.24) is 9.97 Å². The molecule has 2 aromatic heterocycles. The third kappa shape index (κ3) is 4.86. The molecule has 9 heteroatoms. The molecule has 1 atom stereocenters. The number of pyridine rings is 1. The molecule has 1 aliphatic rings. The van der Waals surface area contributed by atoms with Gasteiger partial charge in [-0.3, -0.25) is 14.7 Å². The number of carbonyl (C=O) groups excluding carboxylic acids is 1. The van der Waals surface area contributed by atoms with Gasteiger partial charge in [-0.15, -0.1) is 6.42 Å². The number of terminal acetylenes is 1. The zero-order valence-electron chi connectivity index (χ0n) is 15.1. The molecule has 0 saturated heterocycles. The average molecular weight is 426 g/mol. The molecule has 148 valence electrons. The van der Waals surface area contributed by atoms with Gasteiger partial charge in [0.2, 0.25) is 5.91 Å². The van der Waals surface area contributed by atoms with Crippen LogP contribution in [0.15, 0.2) is 18.5 Å². The normalized spacial score (nSPS) is 17.2. The van der Waals surface area contributed by atoms with Gasteiger partial charge in [0.05, 0.1) is 18.4 Å². The van der Waals surface area contributed by atoms with Gasteiger partial charge in [0.25, 0.3) is 5.92 Å². The van der Waals surface area contributed by atoms with Crippen molar-refractivity contribution in [2.45, 2.75) is 25.7 Å². The van der Waals surface area contributed by atoms with Gasteiger partial charge in [0, 0.05) is 42.0 Å². The SMILES string of the molecule is C#CCN(C(=O)CCSCC1CC1(F)F)c1sc(-c2cncc(F)c2)nc1C. The maximum Gasteiger partial charge on any atom is 0.252 e. The highest BCUT2D eigenvalue weighted by atomic mass is 32.2. The Balaban J connectivity index is 1.66. The van der Waals surface area contributed by atoms with E-state index in [9.17, 15) is 18.0 Å². The molecule has 1 aliphatic carbocycles. The molecule has 1 saturated carbocycles. The van der Waals surface area contributed by atoms with Crippen LogP contribution in [0.3, 0.4) is 0 Å². The first-order valence-electron chi connectivity index (χ1n) is 8.59. The highest BCUT2D eigenvalue weighted by Crippen LogP contribution is 2.50. The van der Waals surface area contributed by atoms with Gasteiger partial charge in [-0.1, -0.05) is 17.3 Å². The van der Waals surface area contributed by atoms with Crippen LogP contribution in [0, 0.1) is 31.0 Å². The summed E-state index contributed by atoms with van der Waals surface area (Å²) in [6, 6.07) is 1.33. The first kappa shape index (κ1) is 20.7. The number of thioether (sulfide) groups is 1. The van der Waals surface area contributed by atoms with Crippen LogP contribution in [0.25, 0.3) is 10.6 Å². The van der Waals surface area contributed by atoms with Crippen LogP contribution >= 0.6 is 23.1 Å². The van der Waals surface area contributed by atoms with Crippen LogP contribution in [0.1, 0.15) is 18.5 Å². The third-order valence-corrected chi connectivity index (χ3v) is 6.61. The van der Waals surface area contributed by atoms with Gasteiger partial charge >= 0.3 is 0 Å². The molecule has 1 unspecified atom stereocenters. The zero-order chi connectivity index (χ0) is 20.3. The Bertz CT molecular complexity index is 910. The summed E-state index contributed by atoms with van der Waals surface area (Å²) in [4.78, 5) is 22.3. The number of thiazole rings is 1. The Morgan fingerprint density at radius 2 is 2.25 bits per heavy atom. The van der Waals surface area contributed by atoms with E-state index in [0.29, 0.717) is 32.8 Å². The molecule has 1 amide bonds. The standard InChI is InChI=1S/C19H18F3N3OS2/c1-3-5-25(16(26)4-6-27-11-14-8-19(14,21)22)18-12(2)24-17(28-18)13-7-15(20)10-23-9-13/h1,7,9-10,14H,4-6,8,11H2,2H3. The molecule has 4 nitrogen and oxygen atoms in total. The van der Waals surface area contributed by atoms with Crippen LogP contribution in [-0.2, 0) is 4.79 Å². The first-order chi connectivity index (χ1) is 13.3. The van der Waals surface area contributed by atoms with Crippen molar-refractivity contribution in [2.24, 2.45) is 5.92 Å². The zero-order valence-corrected chi connectivity index (χ0v) is 16.8. The number of aryl methyl sites for hydroxylation is 1. The van der Waals surface area contributed by atoms with Crippen molar-refractivity contribution in [2.75, 3.05) is 23.0 Å². The van der Waals surface area contributed by atoms with Gasteiger partial charge in [-0.2, -0.15) is 11.8 Å². The Hall–Kier alpha value is -2.05. The molecule has 2 aromatic rings. The summed E-state index contributed by atoms with van der Waals surface area (Å²) in [5.41, 5.74) is 1.13. The predicted octanol–water partition coefficient (Wildman–Crippen LogP) is 4.40.